The summed E-state index contributed by atoms with van der Waals surface area (Å²) in [6, 6.07) is 4.49. The molecular weight excluding hydrogens is 284 g/mol. The molecule has 0 N–H and O–H groups in total. The maximum Gasteiger partial charge on any atom is 0.218 e. The molecule has 5 nitrogen and oxygen atoms in total. The van der Waals surface area contributed by atoms with Gasteiger partial charge in [0.1, 0.15) is 5.52 Å². The summed E-state index contributed by atoms with van der Waals surface area (Å²) in [6.45, 7) is 0. The largest absolute Gasteiger partial charge is 0.326 e. The highest BCUT2D eigenvalue weighted by molar-refractivity contribution is 7.84. The van der Waals surface area contributed by atoms with Crippen molar-refractivity contribution >= 4 is 32.7 Å². The predicted molar refractivity (Wildman–Crippen MR) is 82.7 cm³/mol. The Morgan fingerprint density at radius 2 is 2.05 bits per heavy atom. The molecule has 21 heavy (non-hydrogen) atoms. The maximum atomic E-state index is 11.7. The van der Waals surface area contributed by atoms with E-state index in [2.05, 4.69) is 19.5 Å². The molecule has 1 atom stereocenters. The minimum absolute atomic E-state index is 0.383. The topological polar surface area (TPSA) is 60.7 Å². The zero-order valence-corrected chi connectivity index (χ0v) is 12.6. The number of rotatable bonds is 2. The van der Waals surface area contributed by atoms with Crippen molar-refractivity contribution < 1.29 is 4.21 Å². The van der Waals surface area contributed by atoms with E-state index in [0.717, 1.165) is 21.9 Å². The number of fused-ring (bicyclic) bond motifs is 3. The molecule has 2 aromatic heterocycles. The predicted octanol–water partition coefficient (Wildman–Crippen LogP) is 2.83. The van der Waals surface area contributed by atoms with Gasteiger partial charge in [-0.3, -0.25) is 4.21 Å². The van der Waals surface area contributed by atoms with Gasteiger partial charge in [-0.05, 0) is 25.0 Å². The second-order valence-corrected chi connectivity index (χ2v) is 6.84. The Kier molecular flexibility index (Phi) is 2.99. The van der Waals surface area contributed by atoms with Crippen LogP contribution in [0.4, 0.5) is 0 Å². The van der Waals surface area contributed by atoms with Crippen LogP contribution in [0.2, 0.25) is 0 Å². The maximum absolute atomic E-state index is 11.7. The van der Waals surface area contributed by atoms with Crippen LogP contribution in [0.3, 0.4) is 0 Å². The standard InChI is InChI=1S/C15H16N4OS/c1-21(20)15-16-8-10-6-7-12-14(13(10)18-15)19(9-17-12)11-4-2-3-5-11/h6-9,11H,2-5H2,1H3. The van der Waals surface area contributed by atoms with Crippen LogP contribution in [-0.2, 0) is 10.8 Å². The van der Waals surface area contributed by atoms with E-state index in [1.54, 1.807) is 12.5 Å². The van der Waals surface area contributed by atoms with E-state index in [4.69, 9.17) is 0 Å². The fraction of sp³-hybridized carbons (Fsp3) is 0.400. The molecule has 4 rings (SSSR count). The van der Waals surface area contributed by atoms with Crippen LogP contribution in [0.1, 0.15) is 31.7 Å². The van der Waals surface area contributed by atoms with Crippen LogP contribution in [0, 0.1) is 0 Å². The first-order chi connectivity index (χ1) is 10.2. The van der Waals surface area contributed by atoms with Crippen molar-refractivity contribution in [1.82, 2.24) is 19.5 Å². The van der Waals surface area contributed by atoms with E-state index in [9.17, 15) is 4.21 Å². The van der Waals surface area contributed by atoms with Crippen molar-refractivity contribution in [3.05, 3.63) is 24.7 Å². The highest BCUT2D eigenvalue weighted by Gasteiger charge is 2.20. The molecule has 0 spiro atoms. The molecular formula is C15H16N4OS. The lowest BCUT2D eigenvalue weighted by Crippen LogP contribution is -2.04. The first kappa shape index (κ1) is 12.9. The van der Waals surface area contributed by atoms with Gasteiger partial charge < -0.3 is 4.57 Å². The minimum Gasteiger partial charge on any atom is -0.326 e. The van der Waals surface area contributed by atoms with Crippen molar-refractivity contribution in [1.29, 1.82) is 0 Å². The lowest BCUT2D eigenvalue weighted by atomic mass is 10.2. The van der Waals surface area contributed by atoms with E-state index in [1.807, 2.05) is 18.5 Å². The third-order valence-corrected chi connectivity index (χ3v) is 4.95. The van der Waals surface area contributed by atoms with Crippen LogP contribution in [0.15, 0.2) is 29.8 Å². The number of nitrogens with zero attached hydrogens (tertiary/aromatic N) is 4. The number of imidazole rings is 1. The van der Waals surface area contributed by atoms with Gasteiger partial charge in [0.15, 0.2) is 0 Å². The summed E-state index contributed by atoms with van der Waals surface area (Å²) in [7, 11) is -1.18. The summed E-state index contributed by atoms with van der Waals surface area (Å²) < 4.78 is 13.9. The van der Waals surface area contributed by atoms with Crippen LogP contribution in [0.5, 0.6) is 0 Å². The van der Waals surface area contributed by atoms with Crippen LogP contribution < -0.4 is 0 Å². The first-order valence-corrected chi connectivity index (χ1v) is 8.75. The molecule has 1 aliphatic rings. The molecule has 3 aromatic rings. The molecule has 6 heteroatoms. The normalized spacial score (nSPS) is 17.8. The number of aromatic nitrogens is 4. The number of hydrogen-bond acceptors (Lipinski definition) is 4. The van der Waals surface area contributed by atoms with E-state index >= 15 is 0 Å². The monoisotopic (exact) mass is 300 g/mol. The quantitative estimate of drug-likeness (QED) is 0.683. The van der Waals surface area contributed by atoms with E-state index in [1.165, 1.54) is 25.7 Å². The zero-order chi connectivity index (χ0) is 14.4. The van der Waals surface area contributed by atoms with E-state index in [-0.39, 0.29) is 0 Å². The van der Waals surface area contributed by atoms with Gasteiger partial charge in [0.05, 0.1) is 28.2 Å². The van der Waals surface area contributed by atoms with Crippen molar-refractivity contribution in [2.24, 2.45) is 0 Å². The summed E-state index contributed by atoms with van der Waals surface area (Å²) in [4.78, 5) is 13.2. The van der Waals surface area contributed by atoms with Crippen LogP contribution in [0.25, 0.3) is 21.9 Å². The molecule has 2 heterocycles. The average molecular weight is 300 g/mol. The molecule has 0 radical (unpaired) electrons. The number of benzene rings is 1. The van der Waals surface area contributed by atoms with Gasteiger partial charge in [-0.25, -0.2) is 15.0 Å². The Bertz CT molecular complexity index is 851. The van der Waals surface area contributed by atoms with Gasteiger partial charge in [0.2, 0.25) is 5.16 Å². The van der Waals surface area contributed by atoms with Gasteiger partial charge in [-0.1, -0.05) is 12.8 Å². The third-order valence-electron chi connectivity index (χ3n) is 4.24. The highest BCUT2D eigenvalue weighted by Crippen LogP contribution is 2.34. The summed E-state index contributed by atoms with van der Waals surface area (Å²) in [5.41, 5.74) is 2.85. The zero-order valence-electron chi connectivity index (χ0n) is 11.8. The highest BCUT2D eigenvalue weighted by atomic mass is 32.2. The van der Waals surface area contributed by atoms with Crippen molar-refractivity contribution in [3.63, 3.8) is 0 Å². The Morgan fingerprint density at radius 3 is 2.81 bits per heavy atom. The smallest absolute Gasteiger partial charge is 0.218 e. The van der Waals surface area contributed by atoms with Crippen LogP contribution in [-0.4, -0.2) is 30.0 Å². The fourth-order valence-corrected chi connectivity index (χ4v) is 3.62. The van der Waals surface area contributed by atoms with Crippen molar-refractivity contribution in [2.75, 3.05) is 6.26 Å². The average Bonchev–Trinajstić information content (AvgIpc) is 3.15. The molecule has 0 saturated heterocycles. The van der Waals surface area contributed by atoms with Crippen LogP contribution >= 0.6 is 0 Å². The third kappa shape index (κ3) is 2.05. The van der Waals surface area contributed by atoms with E-state index < -0.39 is 10.8 Å². The first-order valence-electron chi connectivity index (χ1n) is 7.20. The summed E-state index contributed by atoms with van der Waals surface area (Å²) in [5, 5.41) is 1.35. The Hall–Kier alpha value is -1.82. The Labute approximate surface area is 124 Å². The second-order valence-electron chi connectivity index (χ2n) is 5.57. The second kappa shape index (κ2) is 4.87. The van der Waals surface area contributed by atoms with Gasteiger partial charge >= 0.3 is 0 Å². The van der Waals surface area contributed by atoms with Gasteiger partial charge in [-0.2, -0.15) is 0 Å². The summed E-state index contributed by atoms with van der Waals surface area (Å²) >= 11 is 0. The SMILES string of the molecule is CS(=O)c1ncc2ccc3ncn(C4CCCC4)c3c2n1. The molecule has 1 unspecified atom stereocenters. The molecule has 1 fully saturated rings. The molecule has 0 amide bonds. The van der Waals surface area contributed by atoms with Gasteiger partial charge in [0.25, 0.3) is 0 Å². The molecule has 108 valence electrons. The summed E-state index contributed by atoms with van der Waals surface area (Å²) in [6.07, 6.45) is 10.2. The minimum atomic E-state index is -1.18. The Morgan fingerprint density at radius 1 is 1.24 bits per heavy atom. The Balaban J connectivity index is 2.03. The molecule has 1 aliphatic carbocycles. The van der Waals surface area contributed by atoms with Crippen molar-refractivity contribution in [2.45, 2.75) is 36.9 Å². The molecule has 1 aromatic carbocycles. The fourth-order valence-electron chi connectivity index (χ4n) is 3.19. The summed E-state index contributed by atoms with van der Waals surface area (Å²) in [5.74, 6) is 0. The lowest BCUT2D eigenvalue weighted by molar-refractivity contribution is 0.533. The van der Waals surface area contributed by atoms with E-state index in [0.29, 0.717) is 11.2 Å². The van der Waals surface area contributed by atoms with Crippen molar-refractivity contribution in [3.8, 4) is 0 Å². The number of hydrogen-bond donors (Lipinski definition) is 0. The van der Waals surface area contributed by atoms with Gasteiger partial charge in [0, 0.05) is 23.9 Å². The molecule has 0 aliphatic heterocycles. The lowest BCUT2D eigenvalue weighted by Gasteiger charge is -2.13. The molecule has 1 saturated carbocycles. The van der Waals surface area contributed by atoms with Gasteiger partial charge in [-0.15, -0.1) is 0 Å². The molecule has 0 bridgehead atoms.